The van der Waals surface area contributed by atoms with Crippen molar-refractivity contribution in [2.75, 3.05) is 0 Å². The van der Waals surface area contributed by atoms with Gasteiger partial charge in [-0.25, -0.2) is 4.98 Å². The van der Waals surface area contributed by atoms with Gasteiger partial charge in [-0.05, 0) is 18.4 Å². The van der Waals surface area contributed by atoms with Crippen molar-refractivity contribution in [2.24, 2.45) is 7.05 Å². The van der Waals surface area contributed by atoms with Gasteiger partial charge in [-0.15, -0.1) is 0 Å². The first-order valence-electron chi connectivity index (χ1n) is 5.12. The van der Waals surface area contributed by atoms with Crippen molar-refractivity contribution < 1.29 is 0 Å². The van der Waals surface area contributed by atoms with Gasteiger partial charge in [-0.3, -0.25) is 0 Å². The zero-order valence-electron chi connectivity index (χ0n) is 8.81. The Hall–Kier alpha value is -1.22. The first kappa shape index (κ1) is 10.3. The molecule has 0 bridgehead atoms. The smallest absolute Gasteiger partial charge is 0.111 e. The molecule has 0 amide bonds. The van der Waals surface area contributed by atoms with Crippen LogP contribution in [0.1, 0.15) is 18.4 Å². The van der Waals surface area contributed by atoms with E-state index in [0.717, 1.165) is 29.5 Å². The van der Waals surface area contributed by atoms with Crippen molar-refractivity contribution in [1.29, 1.82) is 0 Å². The van der Waals surface area contributed by atoms with Gasteiger partial charge in [0.1, 0.15) is 4.64 Å². The predicted octanol–water partition coefficient (Wildman–Crippen LogP) is 2.97. The van der Waals surface area contributed by atoms with Crippen molar-refractivity contribution in [2.45, 2.75) is 19.3 Å². The molecule has 0 aromatic carbocycles. The van der Waals surface area contributed by atoms with Crippen molar-refractivity contribution in [3.8, 4) is 0 Å². The third kappa shape index (κ3) is 2.42. The Morgan fingerprint density at radius 1 is 1.47 bits per heavy atom. The van der Waals surface area contributed by atoms with Gasteiger partial charge in [0.2, 0.25) is 0 Å². The molecule has 0 saturated carbocycles. The minimum Gasteiger partial charge on any atom is -0.326 e. The molecule has 0 spiro atoms. The van der Waals surface area contributed by atoms with E-state index in [2.05, 4.69) is 23.2 Å². The first-order valence-corrected chi connectivity index (χ1v) is 5.53. The van der Waals surface area contributed by atoms with Crippen LogP contribution in [0.5, 0.6) is 0 Å². The van der Waals surface area contributed by atoms with E-state index in [0.29, 0.717) is 0 Å². The molecule has 0 saturated heterocycles. The second-order valence-corrected chi connectivity index (χ2v) is 4.16. The van der Waals surface area contributed by atoms with Crippen LogP contribution in [0.4, 0.5) is 0 Å². The maximum absolute atomic E-state index is 5.33. The summed E-state index contributed by atoms with van der Waals surface area (Å²) in [4.78, 5) is 4.16. The Labute approximate surface area is 95.0 Å². The minimum atomic E-state index is 0.880. The van der Waals surface area contributed by atoms with Gasteiger partial charge in [0.25, 0.3) is 0 Å². The molecule has 0 radical (unpaired) electrons. The van der Waals surface area contributed by atoms with Crippen molar-refractivity contribution in [3.05, 3.63) is 46.5 Å². The monoisotopic (exact) mass is 218 g/mol. The van der Waals surface area contributed by atoms with Gasteiger partial charge in [0.15, 0.2) is 0 Å². The zero-order valence-corrected chi connectivity index (χ0v) is 9.63. The number of aromatic nitrogens is 2. The van der Waals surface area contributed by atoms with Crippen molar-refractivity contribution in [1.82, 2.24) is 9.55 Å². The van der Waals surface area contributed by atoms with E-state index >= 15 is 0 Å². The Morgan fingerprint density at radius 3 is 3.07 bits per heavy atom. The van der Waals surface area contributed by atoms with Crippen LogP contribution < -0.4 is 0 Å². The molecule has 78 valence electrons. The summed E-state index contributed by atoms with van der Waals surface area (Å²) in [5.74, 6) is 0. The molecule has 1 aliphatic carbocycles. The van der Waals surface area contributed by atoms with Crippen molar-refractivity contribution in [3.63, 3.8) is 0 Å². The van der Waals surface area contributed by atoms with Gasteiger partial charge in [0, 0.05) is 25.2 Å². The SMILES string of the molecule is Cn1cncc(CC2=CCCC=C2)c1=S. The highest BCUT2D eigenvalue weighted by atomic mass is 32.1. The van der Waals surface area contributed by atoms with Gasteiger partial charge >= 0.3 is 0 Å². The molecular weight excluding hydrogens is 204 g/mol. The van der Waals surface area contributed by atoms with Crippen LogP contribution in [0.3, 0.4) is 0 Å². The molecule has 0 atom stereocenters. The van der Waals surface area contributed by atoms with E-state index < -0.39 is 0 Å². The lowest BCUT2D eigenvalue weighted by Crippen LogP contribution is -2.00. The Morgan fingerprint density at radius 2 is 2.33 bits per heavy atom. The molecule has 1 aliphatic rings. The van der Waals surface area contributed by atoms with Gasteiger partial charge in [-0.1, -0.05) is 30.4 Å². The molecule has 15 heavy (non-hydrogen) atoms. The number of aryl methyl sites for hydroxylation is 1. The topological polar surface area (TPSA) is 17.8 Å². The van der Waals surface area contributed by atoms with E-state index in [4.69, 9.17) is 12.2 Å². The highest BCUT2D eigenvalue weighted by molar-refractivity contribution is 7.71. The van der Waals surface area contributed by atoms with E-state index in [1.165, 1.54) is 5.57 Å². The Kier molecular flexibility index (Phi) is 3.11. The third-order valence-electron chi connectivity index (χ3n) is 2.53. The minimum absolute atomic E-state index is 0.880. The fourth-order valence-electron chi connectivity index (χ4n) is 1.70. The standard InChI is InChI=1S/C12H14N2S/c1-14-9-13-8-11(12(14)15)7-10-5-3-2-4-6-10/h3,5-6,8-9H,2,4,7H2,1H3. The summed E-state index contributed by atoms with van der Waals surface area (Å²) < 4.78 is 2.77. The number of hydrogen-bond donors (Lipinski definition) is 0. The van der Waals surface area contributed by atoms with Gasteiger partial charge in [-0.2, -0.15) is 0 Å². The second kappa shape index (κ2) is 4.53. The molecule has 3 heteroatoms. The summed E-state index contributed by atoms with van der Waals surface area (Å²) in [6.07, 6.45) is 13.5. The molecule has 0 N–H and O–H groups in total. The lowest BCUT2D eigenvalue weighted by atomic mass is 10.0. The normalized spacial score (nSPS) is 15.1. The van der Waals surface area contributed by atoms with E-state index in [1.54, 1.807) is 6.33 Å². The molecule has 2 nitrogen and oxygen atoms in total. The molecule has 1 aromatic heterocycles. The third-order valence-corrected chi connectivity index (χ3v) is 3.08. The van der Waals surface area contributed by atoms with Crippen LogP contribution in [-0.4, -0.2) is 9.55 Å². The first-order chi connectivity index (χ1) is 7.27. The van der Waals surface area contributed by atoms with E-state index in [-0.39, 0.29) is 0 Å². The van der Waals surface area contributed by atoms with Crippen molar-refractivity contribution >= 4 is 12.2 Å². The van der Waals surface area contributed by atoms with Gasteiger partial charge in [0.05, 0.1) is 6.33 Å². The number of nitrogens with zero attached hydrogens (tertiary/aromatic N) is 2. The molecule has 1 aromatic rings. The maximum Gasteiger partial charge on any atom is 0.111 e. The zero-order chi connectivity index (χ0) is 10.7. The second-order valence-electron chi connectivity index (χ2n) is 3.77. The lowest BCUT2D eigenvalue weighted by molar-refractivity contribution is 0.827. The molecule has 0 unspecified atom stereocenters. The average Bonchev–Trinajstić information content (AvgIpc) is 2.26. The predicted molar refractivity (Wildman–Crippen MR) is 64.2 cm³/mol. The largest absolute Gasteiger partial charge is 0.326 e. The molecule has 2 rings (SSSR count). The fourth-order valence-corrected chi connectivity index (χ4v) is 1.87. The summed E-state index contributed by atoms with van der Waals surface area (Å²) in [6.45, 7) is 0. The van der Waals surface area contributed by atoms with Crippen LogP contribution in [0.2, 0.25) is 0 Å². The van der Waals surface area contributed by atoms with Crippen LogP contribution in [0, 0.1) is 4.64 Å². The fraction of sp³-hybridized carbons (Fsp3) is 0.333. The summed E-state index contributed by atoms with van der Waals surface area (Å²) in [7, 11) is 1.93. The summed E-state index contributed by atoms with van der Waals surface area (Å²) in [5.41, 5.74) is 2.48. The molecule has 0 aliphatic heterocycles. The van der Waals surface area contributed by atoms with Crippen LogP contribution in [0.15, 0.2) is 36.3 Å². The molecular formula is C12H14N2S. The number of hydrogen-bond acceptors (Lipinski definition) is 2. The maximum atomic E-state index is 5.33. The summed E-state index contributed by atoms with van der Waals surface area (Å²) in [5, 5.41) is 0. The highest BCUT2D eigenvalue weighted by Crippen LogP contribution is 2.15. The summed E-state index contributed by atoms with van der Waals surface area (Å²) >= 11 is 5.33. The summed E-state index contributed by atoms with van der Waals surface area (Å²) in [6, 6.07) is 0. The lowest BCUT2D eigenvalue weighted by Gasteiger charge is -2.08. The number of rotatable bonds is 2. The van der Waals surface area contributed by atoms with E-state index in [1.807, 2.05) is 17.8 Å². The quantitative estimate of drug-likeness (QED) is 0.710. The number of allylic oxidation sites excluding steroid dienone is 4. The average molecular weight is 218 g/mol. The van der Waals surface area contributed by atoms with E-state index in [9.17, 15) is 0 Å². The Bertz CT molecular complexity index is 469. The van der Waals surface area contributed by atoms with Gasteiger partial charge < -0.3 is 4.57 Å². The molecule has 0 fully saturated rings. The molecule has 1 heterocycles. The van der Waals surface area contributed by atoms with Crippen LogP contribution in [-0.2, 0) is 13.5 Å². The Balaban J connectivity index is 2.24. The highest BCUT2D eigenvalue weighted by Gasteiger charge is 2.02. The van der Waals surface area contributed by atoms with Crippen LogP contribution in [0.25, 0.3) is 0 Å². The van der Waals surface area contributed by atoms with Crippen LogP contribution >= 0.6 is 12.2 Å².